The van der Waals surface area contributed by atoms with Gasteiger partial charge in [-0.25, -0.2) is 0 Å². The van der Waals surface area contributed by atoms with Crippen LogP contribution in [0.15, 0.2) is 42.5 Å². The fraction of sp³-hybridized carbons (Fsp3) is 0.452. The van der Waals surface area contributed by atoms with E-state index in [1.807, 2.05) is 38.1 Å². The van der Waals surface area contributed by atoms with Gasteiger partial charge in [0.25, 0.3) is 5.91 Å². The predicted molar refractivity (Wildman–Crippen MR) is 156 cm³/mol. The Balaban J connectivity index is 1.58. The second-order valence-electron chi connectivity index (χ2n) is 11.3. The first-order chi connectivity index (χ1) is 19.4. The molecule has 1 saturated heterocycles. The maximum absolute atomic E-state index is 14.2. The molecule has 41 heavy (non-hydrogen) atoms. The zero-order valence-electron chi connectivity index (χ0n) is 24.0. The number of aryl methyl sites for hydroxylation is 1. The minimum absolute atomic E-state index is 0.0510. The molecule has 216 valence electrons. The van der Waals surface area contributed by atoms with Gasteiger partial charge in [0, 0.05) is 35.8 Å². The van der Waals surface area contributed by atoms with E-state index in [2.05, 4.69) is 16.7 Å². The number of carbonyl (C=O) groups excluding carboxylic acids is 4. The zero-order chi connectivity index (χ0) is 30.1. The summed E-state index contributed by atoms with van der Waals surface area (Å²) in [6.07, 6.45) is 0.541. The lowest BCUT2D eigenvalue weighted by molar-refractivity contribution is -0.147. The summed E-state index contributed by atoms with van der Waals surface area (Å²) in [6.45, 7) is 9.35. The highest BCUT2D eigenvalue weighted by Gasteiger charge is 2.56. The van der Waals surface area contributed by atoms with E-state index in [-0.39, 0.29) is 37.2 Å². The number of amides is 4. The summed E-state index contributed by atoms with van der Waals surface area (Å²) < 4.78 is 0. The van der Waals surface area contributed by atoms with E-state index in [1.54, 1.807) is 39.0 Å². The number of hydrogen-bond acceptors (Lipinski definition) is 5. The van der Waals surface area contributed by atoms with Gasteiger partial charge in [-0.3, -0.25) is 19.2 Å². The molecular weight excluding hydrogens is 542 g/mol. The molecule has 0 aliphatic carbocycles. The third-order valence-electron chi connectivity index (χ3n) is 8.03. The molecular formula is C31H36ClN5O4. The molecule has 2 aliphatic heterocycles. The predicted octanol–water partition coefficient (Wildman–Crippen LogP) is 4.04. The number of para-hydroxylation sites is 1. The van der Waals surface area contributed by atoms with Crippen LogP contribution < -0.4 is 10.6 Å². The Morgan fingerprint density at radius 1 is 1.22 bits per heavy atom. The number of benzene rings is 2. The highest BCUT2D eigenvalue weighted by molar-refractivity contribution is 6.31. The number of carbonyl (C=O) groups is 4. The molecule has 0 unspecified atom stereocenters. The molecule has 2 aromatic carbocycles. The first kappa shape index (κ1) is 30.1. The number of rotatable bonds is 8. The van der Waals surface area contributed by atoms with Gasteiger partial charge in [0.05, 0.1) is 11.5 Å². The average molecular weight is 578 g/mol. The quantitative estimate of drug-likeness (QED) is 0.490. The summed E-state index contributed by atoms with van der Waals surface area (Å²) in [6, 6.07) is 11.8. The van der Waals surface area contributed by atoms with Gasteiger partial charge in [0.15, 0.2) is 0 Å². The number of fused-ring (bicyclic) bond motifs is 2. The number of nitrogens with zero attached hydrogens (tertiary/aromatic N) is 3. The number of likely N-dealkylation sites (tertiary alicyclic amines) is 1. The van der Waals surface area contributed by atoms with Crippen molar-refractivity contribution >= 4 is 40.9 Å². The van der Waals surface area contributed by atoms with Crippen LogP contribution in [0.1, 0.15) is 62.0 Å². The van der Waals surface area contributed by atoms with E-state index >= 15 is 0 Å². The molecule has 0 bridgehead atoms. The Morgan fingerprint density at radius 3 is 2.56 bits per heavy atom. The normalized spacial score (nSPS) is 20.8. The Hall–Kier alpha value is -3.90. The highest BCUT2D eigenvalue weighted by atomic mass is 35.5. The topological polar surface area (TPSA) is 123 Å². The Kier molecular flexibility index (Phi) is 8.74. The van der Waals surface area contributed by atoms with Crippen molar-refractivity contribution in [3.63, 3.8) is 0 Å². The van der Waals surface area contributed by atoms with E-state index in [4.69, 9.17) is 11.6 Å². The van der Waals surface area contributed by atoms with Crippen molar-refractivity contribution in [2.24, 2.45) is 5.92 Å². The van der Waals surface area contributed by atoms with Crippen LogP contribution in [0.3, 0.4) is 0 Å². The van der Waals surface area contributed by atoms with E-state index in [1.165, 1.54) is 9.80 Å². The summed E-state index contributed by atoms with van der Waals surface area (Å²) in [5.41, 5.74) is 1.56. The fourth-order valence-electron chi connectivity index (χ4n) is 5.89. The van der Waals surface area contributed by atoms with E-state index in [0.717, 1.165) is 11.1 Å². The van der Waals surface area contributed by atoms with Crippen molar-refractivity contribution in [1.29, 1.82) is 5.26 Å². The molecule has 0 saturated carbocycles. The van der Waals surface area contributed by atoms with Gasteiger partial charge in [-0.1, -0.05) is 43.6 Å². The molecule has 4 amide bonds. The summed E-state index contributed by atoms with van der Waals surface area (Å²) in [4.78, 5) is 57.0. The van der Waals surface area contributed by atoms with Crippen LogP contribution in [-0.4, -0.2) is 64.6 Å². The molecule has 0 aromatic heterocycles. The smallest absolute Gasteiger partial charge is 0.251 e. The molecule has 10 heteroatoms. The van der Waals surface area contributed by atoms with Crippen LogP contribution in [0.2, 0.25) is 5.02 Å². The van der Waals surface area contributed by atoms with Crippen molar-refractivity contribution in [3.05, 3.63) is 64.2 Å². The van der Waals surface area contributed by atoms with Crippen molar-refractivity contribution in [1.82, 2.24) is 15.1 Å². The zero-order valence-corrected chi connectivity index (χ0v) is 24.8. The maximum atomic E-state index is 14.2. The van der Waals surface area contributed by atoms with E-state index in [0.29, 0.717) is 22.7 Å². The lowest BCUT2D eigenvalue weighted by Crippen LogP contribution is -2.57. The second-order valence-corrected chi connectivity index (χ2v) is 11.7. The van der Waals surface area contributed by atoms with Crippen LogP contribution in [0.4, 0.5) is 5.69 Å². The first-order valence-electron chi connectivity index (χ1n) is 13.9. The number of hydrogen-bond donors (Lipinski definition) is 2. The first-order valence-corrected chi connectivity index (χ1v) is 14.3. The second kappa shape index (κ2) is 11.9. The van der Waals surface area contributed by atoms with Crippen LogP contribution >= 0.6 is 11.6 Å². The number of likely N-dealkylation sites (N-methyl/N-ethyl adjacent to an activating group) is 1. The number of halogens is 1. The third kappa shape index (κ3) is 5.66. The molecule has 2 aromatic rings. The lowest BCUT2D eigenvalue weighted by atomic mass is 9.80. The summed E-state index contributed by atoms with van der Waals surface area (Å²) in [5.74, 6) is -1.38. The van der Waals surface area contributed by atoms with Gasteiger partial charge in [-0.15, -0.1) is 0 Å². The number of nitriles is 1. The molecule has 1 fully saturated rings. The standard InChI is InChI=1S/C31H36ClN5O4/c1-6-36(28(39)20(5)34-27(38)21-11-12-24(32)19(4)14-21)26(13-18(2)3)29(40)37-17-31(15-22(37)16-33)23-9-7-8-10-25(23)35-30(31)41/h7-12,14,18,20,22,26H,6,13,15,17H2,1-5H3,(H,34,38)(H,35,41)/t20-,22-,26-,31-/m0/s1. The number of nitrogens with one attached hydrogen (secondary N) is 2. The fourth-order valence-corrected chi connectivity index (χ4v) is 6.01. The van der Waals surface area contributed by atoms with Crippen LogP contribution in [0, 0.1) is 24.2 Å². The molecule has 1 spiro atoms. The van der Waals surface area contributed by atoms with Gasteiger partial charge in [0.2, 0.25) is 17.7 Å². The Bertz CT molecular complexity index is 1420. The minimum Gasteiger partial charge on any atom is -0.341 e. The lowest BCUT2D eigenvalue weighted by Gasteiger charge is -2.36. The minimum atomic E-state index is -1.02. The van der Waals surface area contributed by atoms with Crippen LogP contribution in [-0.2, 0) is 19.8 Å². The molecule has 2 N–H and O–H groups in total. The van der Waals surface area contributed by atoms with Crippen molar-refractivity contribution < 1.29 is 19.2 Å². The molecule has 2 aliphatic rings. The van der Waals surface area contributed by atoms with E-state index < -0.39 is 35.4 Å². The summed E-state index contributed by atoms with van der Waals surface area (Å²) >= 11 is 6.08. The Morgan fingerprint density at radius 2 is 1.93 bits per heavy atom. The van der Waals surface area contributed by atoms with Crippen LogP contribution in [0.25, 0.3) is 0 Å². The molecule has 0 radical (unpaired) electrons. The summed E-state index contributed by atoms with van der Waals surface area (Å²) in [7, 11) is 0. The molecule has 9 nitrogen and oxygen atoms in total. The molecule has 4 rings (SSSR count). The average Bonchev–Trinajstić information content (AvgIpc) is 3.47. The third-order valence-corrected chi connectivity index (χ3v) is 8.46. The largest absolute Gasteiger partial charge is 0.341 e. The van der Waals surface area contributed by atoms with Gasteiger partial charge >= 0.3 is 0 Å². The van der Waals surface area contributed by atoms with Crippen molar-refractivity contribution in [3.8, 4) is 6.07 Å². The van der Waals surface area contributed by atoms with Gasteiger partial charge in [-0.2, -0.15) is 5.26 Å². The maximum Gasteiger partial charge on any atom is 0.251 e. The van der Waals surface area contributed by atoms with E-state index in [9.17, 15) is 24.4 Å². The van der Waals surface area contributed by atoms with Gasteiger partial charge < -0.3 is 20.4 Å². The van der Waals surface area contributed by atoms with Gasteiger partial charge in [0.1, 0.15) is 18.1 Å². The monoisotopic (exact) mass is 577 g/mol. The number of anilines is 1. The highest BCUT2D eigenvalue weighted by Crippen LogP contribution is 2.46. The SMILES string of the molecule is CCN(C(=O)[C@H](C)NC(=O)c1ccc(Cl)c(C)c1)[C@@H](CC(C)C)C(=O)N1C[C@]2(C[C@H]1C#N)C(=O)Nc1ccccc12. The Labute approximate surface area is 245 Å². The van der Waals surface area contributed by atoms with Crippen molar-refractivity contribution in [2.75, 3.05) is 18.4 Å². The van der Waals surface area contributed by atoms with Gasteiger partial charge in [-0.05, 0) is 68.5 Å². The summed E-state index contributed by atoms with van der Waals surface area (Å²) in [5, 5.41) is 16.2. The molecule has 2 heterocycles. The molecule has 4 atom stereocenters. The van der Waals surface area contributed by atoms with Crippen LogP contribution in [0.5, 0.6) is 0 Å². The van der Waals surface area contributed by atoms with Crippen molar-refractivity contribution in [2.45, 2.75) is 71.0 Å².